The summed E-state index contributed by atoms with van der Waals surface area (Å²) in [6.07, 6.45) is -2.93. The second kappa shape index (κ2) is 10.5. The molecule has 0 bridgehead atoms. The number of amides is 1. The third kappa shape index (κ3) is 5.37. The number of hydrogen-bond donors (Lipinski definition) is 1. The fourth-order valence-corrected chi connectivity index (χ4v) is 4.80. The van der Waals surface area contributed by atoms with E-state index in [0.717, 1.165) is 42.7 Å². The van der Waals surface area contributed by atoms with Gasteiger partial charge in [-0.1, -0.05) is 43.3 Å². The van der Waals surface area contributed by atoms with Gasteiger partial charge in [-0.25, -0.2) is 9.97 Å². The number of benzene rings is 3. The summed E-state index contributed by atoms with van der Waals surface area (Å²) in [7, 11) is 1.58. The highest BCUT2D eigenvalue weighted by atomic mass is 19.4. The Labute approximate surface area is 223 Å². The van der Waals surface area contributed by atoms with Crippen molar-refractivity contribution in [3.63, 3.8) is 0 Å². The molecule has 1 aromatic heterocycles. The van der Waals surface area contributed by atoms with Crippen molar-refractivity contribution in [2.75, 3.05) is 26.7 Å². The zero-order valence-electron chi connectivity index (χ0n) is 21.4. The molecule has 39 heavy (non-hydrogen) atoms. The van der Waals surface area contributed by atoms with Crippen LogP contribution in [0.4, 0.5) is 13.2 Å². The van der Waals surface area contributed by atoms with Crippen LogP contribution in [0.1, 0.15) is 29.5 Å². The molecular formula is C29H27F3N4O3. The molecule has 0 saturated carbocycles. The van der Waals surface area contributed by atoms with Gasteiger partial charge in [0.15, 0.2) is 11.5 Å². The predicted octanol–water partition coefficient (Wildman–Crippen LogP) is 5.02. The molecular weight excluding hydrogens is 509 g/mol. The van der Waals surface area contributed by atoms with Crippen LogP contribution in [0.25, 0.3) is 22.2 Å². The summed E-state index contributed by atoms with van der Waals surface area (Å²) < 4.78 is 50.7. The van der Waals surface area contributed by atoms with Crippen molar-refractivity contribution in [3.8, 4) is 22.8 Å². The average molecular weight is 537 g/mol. The molecule has 0 radical (unpaired) electrons. The first-order valence-corrected chi connectivity index (χ1v) is 12.5. The van der Waals surface area contributed by atoms with Crippen LogP contribution in [-0.4, -0.2) is 53.6 Å². The minimum absolute atomic E-state index is 0.0691. The Morgan fingerprint density at radius 1 is 1.03 bits per heavy atom. The van der Waals surface area contributed by atoms with Crippen LogP contribution in [0.2, 0.25) is 0 Å². The molecule has 1 fully saturated rings. The Morgan fingerprint density at radius 3 is 2.23 bits per heavy atom. The SMILES string of the molecule is CCN1CC(Oc2cc3c(-c4ccc(C(C(N)=O)c5ccc(C(F)(F)F)cc5)cc4)ncnc3cc2OC)C1. The first kappa shape index (κ1) is 26.4. The molecule has 1 aliphatic heterocycles. The number of hydrogen-bond acceptors (Lipinski definition) is 6. The van der Waals surface area contributed by atoms with Crippen LogP contribution in [0, 0.1) is 0 Å². The van der Waals surface area contributed by atoms with Crippen LogP contribution in [-0.2, 0) is 11.0 Å². The lowest BCUT2D eigenvalue weighted by Gasteiger charge is -2.38. The van der Waals surface area contributed by atoms with Crippen molar-refractivity contribution in [2.24, 2.45) is 5.73 Å². The van der Waals surface area contributed by atoms with Crippen molar-refractivity contribution in [2.45, 2.75) is 25.1 Å². The van der Waals surface area contributed by atoms with Gasteiger partial charge in [0.1, 0.15) is 12.4 Å². The number of carbonyl (C=O) groups is 1. The molecule has 2 heterocycles. The maximum Gasteiger partial charge on any atom is 0.416 e. The summed E-state index contributed by atoms with van der Waals surface area (Å²) >= 11 is 0. The monoisotopic (exact) mass is 536 g/mol. The summed E-state index contributed by atoms with van der Waals surface area (Å²) in [6, 6.07) is 15.2. The molecule has 1 amide bonds. The number of carbonyl (C=O) groups excluding carboxylic acids is 1. The number of alkyl halides is 3. The molecule has 0 spiro atoms. The molecule has 3 aromatic carbocycles. The fourth-order valence-electron chi connectivity index (χ4n) is 4.80. The van der Waals surface area contributed by atoms with E-state index in [-0.39, 0.29) is 6.10 Å². The first-order valence-electron chi connectivity index (χ1n) is 12.5. The zero-order chi connectivity index (χ0) is 27.7. The number of primary amides is 1. The number of ether oxygens (including phenoxy) is 2. The molecule has 5 rings (SSSR count). The average Bonchev–Trinajstić information content (AvgIpc) is 2.90. The number of nitrogens with two attached hydrogens (primary N) is 1. The second-order valence-electron chi connectivity index (χ2n) is 9.41. The van der Waals surface area contributed by atoms with Gasteiger partial charge in [-0.05, 0) is 35.9 Å². The number of fused-ring (bicyclic) bond motifs is 1. The summed E-state index contributed by atoms with van der Waals surface area (Å²) in [6.45, 7) is 4.77. The highest BCUT2D eigenvalue weighted by Crippen LogP contribution is 2.37. The molecule has 4 aromatic rings. The van der Waals surface area contributed by atoms with Crippen molar-refractivity contribution >= 4 is 16.8 Å². The van der Waals surface area contributed by atoms with Crippen molar-refractivity contribution < 1.29 is 27.4 Å². The van der Waals surface area contributed by atoms with Gasteiger partial charge in [0.05, 0.1) is 29.8 Å². The quantitative estimate of drug-likeness (QED) is 0.340. The molecule has 1 aliphatic rings. The number of nitrogens with zero attached hydrogens (tertiary/aromatic N) is 3. The Hall–Kier alpha value is -4.18. The Balaban J connectivity index is 1.46. The topological polar surface area (TPSA) is 90.6 Å². The zero-order valence-corrected chi connectivity index (χ0v) is 21.4. The van der Waals surface area contributed by atoms with E-state index < -0.39 is 23.6 Å². The number of methoxy groups -OCH3 is 1. The van der Waals surface area contributed by atoms with Crippen LogP contribution in [0.5, 0.6) is 11.5 Å². The van der Waals surface area contributed by atoms with Gasteiger partial charge >= 0.3 is 6.18 Å². The van der Waals surface area contributed by atoms with E-state index in [1.165, 1.54) is 18.5 Å². The van der Waals surface area contributed by atoms with Crippen LogP contribution in [0.15, 0.2) is 67.0 Å². The molecule has 1 unspecified atom stereocenters. The van der Waals surface area contributed by atoms with Crippen LogP contribution in [0.3, 0.4) is 0 Å². The van der Waals surface area contributed by atoms with E-state index >= 15 is 0 Å². The molecule has 2 N–H and O–H groups in total. The predicted molar refractivity (Wildman–Crippen MR) is 141 cm³/mol. The fraction of sp³-hybridized carbons (Fsp3) is 0.276. The van der Waals surface area contributed by atoms with Crippen LogP contribution >= 0.6 is 0 Å². The van der Waals surface area contributed by atoms with Gasteiger partial charge in [-0.3, -0.25) is 9.69 Å². The van der Waals surface area contributed by atoms with Gasteiger partial charge in [0, 0.05) is 30.1 Å². The van der Waals surface area contributed by atoms with Gasteiger partial charge in [-0.2, -0.15) is 13.2 Å². The minimum Gasteiger partial charge on any atom is -0.493 e. The summed E-state index contributed by atoms with van der Waals surface area (Å²) in [4.78, 5) is 23.5. The lowest BCUT2D eigenvalue weighted by atomic mass is 9.89. The second-order valence-corrected chi connectivity index (χ2v) is 9.41. The van der Waals surface area contributed by atoms with E-state index in [1.54, 1.807) is 31.4 Å². The Bertz CT molecular complexity index is 1490. The molecule has 202 valence electrons. The molecule has 1 saturated heterocycles. The van der Waals surface area contributed by atoms with E-state index in [4.69, 9.17) is 15.2 Å². The van der Waals surface area contributed by atoms with Crippen molar-refractivity contribution in [3.05, 3.63) is 83.7 Å². The van der Waals surface area contributed by atoms with Crippen molar-refractivity contribution in [1.82, 2.24) is 14.9 Å². The van der Waals surface area contributed by atoms with Gasteiger partial charge in [-0.15, -0.1) is 0 Å². The van der Waals surface area contributed by atoms with Gasteiger partial charge in [0.25, 0.3) is 0 Å². The molecule has 10 heteroatoms. The third-order valence-electron chi connectivity index (χ3n) is 6.96. The Kier molecular flexibility index (Phi) is 7.14. The third-order valence-corrected chi connectivity index (χ3v) is 6.96. The standard InChI is InChI=1S/C29H27F3N4O3/c1-3-36-14-21(15-36)39-25-12-22-23(13-24(25)38-2)34-16-35-27(22)19-6-4-17(5-7-19)26(28(33)37)18-8-10-20(11-9-18)29(30,31)32/h4-13,16,21,26H,3,14-15H2,1-2H3,(H2,33,37). The summed E-state index contributed by atoms with van der Waals surface area (Å²) in [5.74, 6) is -0.382. The van der Waals surface area contributed by atoms with E-state index in [9.17, 15) is 18.0 Å². The van der Waals surface area contributed by atoms with Crippen LogP contribution < -0.4 is 15.2 Å². The summed E-state index contributed by atoms with van der Waals surface area (Å²) in [5, 5.41) is 0.766. The highest BCUT2D eigenvalue weighted by Gasteiger charge is 2.31. The lowest BCUT2D eigenvalue weighted by Crippen LogP contribution is -2.53. The normalized spacial score (nSPS) is 15.1. The number of rotatable bonds is 8. The summed E-state index contributed by atoms with van der Waals surface area (Å²) in [5.41, 5.74) is 7.90. The number of halogens is 3. The maximum absolute atomic E-state index is 13.0. The number of likely N-dealkylation sites (N-methyl/N-ethyl adjacent to an activating group) is 1. The smallest absolute Gasteiger partial charge is 0.416 e. The number of likely N-dealkylation sites (tertiary alicyclic amines) is 1. The molecule has 0 aliphatic carbocycles. The first-order chi connectivity index (χ1) is 18.7. The molecule has 7 nitrogen and oxygen atoms in total. The van der Waals surface area contributed by atoms with Crippen molar-refractivity contribution in [1.29, 1.82) is 0 Å². The lowest BCUT2D eigenvalue weighted by molar-refractivity contribution is -0.137. The van der Waals surface area contributed by atoms with Gasteiger partial charge in [0.2, 0.25) is 5.91 Å². The van der Waals surface area contributed by atoms with E-state index in [1.807, 2.05) is 12.1 Å². The van der Waals surface area contributed by atoms with E-state index in [0.29, 0.717) is 33.8 Å². The largest absolute Gasteiger partial charge is 0.493 e. The maximum atomic E-state index is 13.0. The Morgan fingerprint density at radius 2 is 1.67 bits per heavy atom. The van der Waals surface area contributed by atoms with E-state index in [2.05, 4.69) is 21.8 Å². The number of aromatic nitrogens is 2. The minimum atomic E-state index is -4.47. The highest BCUT2D eigenvalue weighted by molar-refractivity contribution is 5.94. The molecule has 1 atom stereocenters. The van der Waals surface area contributed by atoms with Gasteiger partial charge < -0.3 is 15.2 Å².